The highest BCUT2D eigenvalue weighted by atomic mass is 19.2. The largest absolute Gasteiger partial charge is 0.369 e. The molecule has 110 valence electrons. The Labute approximate surface area is 120 Å². The van der Waals surface area contributed by atoms with Crippen molar-refractivity contribution in [2.75, 3.05) is 11.9 Å². The van der Waals surface area contributed by atoms with Crippen LogP contribution in [0.4, 0.5) is 14.6 Å². The molecule has 0 bridgehead atoms. The standard InChI is InChI=1S/C14H14F2N4O/c1-2-17-13-8-18-12(7-19-13)14(21)20-6-9-3-4-10(15)11(16)5-9/h3-5,7-8H,2,6H2,1H3,(H,17,19)(H,20,21). The Kier molecular flexibility index (Phi) is 4.76. The first-order valence-electron chi connectivity index (χ1n) is 6.38. The number of hydrogen-bond donors (Lipinski definition) is 2. The molecular weight excluding hydrogens is 278 g/mol. The highest BCUT2D eigenvalue weighted by Gasteiger charge is 2.08. The molecule has 0 saturated carbocycles. The third-order valence-corrected chi connectivity index (χ3v) is 2.68. The van der Waals surface area contributed by atoms with Crippen molar-refractivity contribution in [3.05, 3.63) is 53.5 Å². The monoisotopic (exact) mass is 292 g/mol. The third-order valence-electron chi connectivity index (χ3n) is 2.68. The summed E-state index contributed by atoms with van der Waals surface area (Å²) in [5.74, 6) is -1.73. The molecule has 0 fully saturated rings. The predicted octanol–water partition coefficient (Wildman–Crippen LogP) is 2.12. The van der Waals surface area contributed by atoms with E-state index in [4.69, 9.17) is 0 Å². The Balaban J connectivity index is 1.96. The number of benzene rings is 1. The molecule has 0 radical (unpaired) electrons. The van der Waals surface area contributed by atoms with Gasteiger partial charge in [-0.1, -0.05) is 6.07 Å². The molecule has 1 aromatic carbocycles. The lowest BCUT2D eigenvalue weighted by molar-refractivity contribution is 0.0945. The molecule has 5 nitrogen and oxygen atoms in total. The topological polar surface area (TPSA) is 66.9 Å². The fraction of sp³-hybridized carbons (Fsp3) is 0.214. The second kappa shape index (κ2) is 6.74. The molecule has 0 unspecified atom stereocenters. The van der Waals surface area contributed by atoms with Crippen LogP contribution in [0.5, 0.6) is 0 Å². The molecule has 0 atom stereocenters. The number of carbonyl (C=O) groups is 1. The SMILES string of the molecule is CCNc1cnc(C(=O)NCc2ccc(F)c(F)c2)cn1. The van der Waals surface area contributed by atoms with E-state index in [1.54, 1.807) is 0 Å². The van der Waals surface area contributed by atoms with E-state index in [0.717, 1.165) is 12.1 Å². The van der Waals surface area contributed by atoms with Crippen LogP contribution in [0.15, 0.2) is 30.6 Å². The summed E-state index contributed by atoms with van der Waals surface area (Å²) in [6.45, 7) is 2.70. The van der Waals surface area contributed by atoms with Gasteiger partial charge in [-0.2, -0.15) is 0 Å². The Hall–Kier alpha value is -2.57. The van der Waals surface area contributed by atoms with Crippen LogP contribution in [0.3, 0.4) is 0 Å². The molecule has 21 heavy (non-hydrogen) atoms. The van der Waals surface area contributed by atoms with Crippen LogP contribution in [0, 0.1) is 11.6 Å². The first-order chi connectivity index (χ1) is 10.1. The molecule has 2 aromatic rings. The van der Waals surface area contributed by atoms with Crippen molar-refractivity contribution in [1.82, 2.24) is 15.3 Å². The van der Waals surface area contributed by atoms with E-state index >= 15 is 0 Å². The van der Waals surface area contributed by atoms with Crippen LogP contribution >= 0.6 is 0 Å². The van der Waals surface area contributed by atoms with Crippen molar-refractivity contribution in [3.8, 4) is 0 Å². The van der Waals surface area contributed by atoms with Crippen LogP contribution in [-0.2, 0) is 6.54 Å². The molecule has 2 rings (SSSR count). The van der Waals surface area contributed by atoms with E-state index < -0.39 is 17.5 Å². The highest BCUT2D eigenvalue weighted by molar-refractivity contribution is 5.91. The molecule has 1 amide bonds. The van der Waals surface area contributed by atoms with Crippen LogP contribution in [-0.4, -0.2) is 22.4 Å². The smallest absolute Gasteiger partial charge is 0.271 e. The number of anilines is 1. The summed E-state index contributed by atoms with van der Waals surface area (Å²) < 4.78 is 25.8. The van der Waals surface area contributed by atoms with Crippen LogP contribution in [0.2, 0.25) is 0 Å². The molecular formula is C14H14F2N4O. The predicted molar refractivity (Wildman–Crippen MR) is 73.7 cm³/mol. The number of rotatable bonds is 5. The minimum atomic E-state index is -0.948. The lowest BCUT2D eigenvalue weighted by atomic mass is 10.2. The van der Waals surface area contributed by atoms with Gasteiger partial charge in [-0.15, -0.1) is 0 Å². The number of aromatic nitrogens is 2. The van der Waals surface area contributed by atoms with E-state index in [1.165, 1.54) is 18.5 Å². The van der Waals surface area contributed by atoms with Crippen molar-refractivity contribution in [1.29, 1.82) is 0 Å². The zero-order valence-electron chi connectivity index (χ0n) is 11.4. The quantitative estimate of drug-likeness (QED) is 0.886. The zero-order valence-corrected chi connectivity index (χ0v) is 11.4. The number of halogens is 2. The van der Waals surface area contributed by atoms with Crippen molar-refractivity contribution in [2.24, 2.45) is 0 Å². The van der Waals surface area contributed by atoms with Gasteiger partial charge >= 0.3 is 0 Å². The van der Waals surface area contributed by atoms with Gasteiger partial charge in [-0.25, -0.2) is 18.7 Å². The third kappa shape index (κ3) is 3.95. The van der Waals surface area contributed by atoms with Gasteiger partial charge in [-0.3, -0.25) is 4.79 Å². The number of nitrogens with zero attached hydrogens (tertiary/aromatic N) is 2. The Bertz CT molecular complexity index is 631. The molecule has 0 aliphatic heterocycles. The minimum absolute atomic E-state index is 0.0761. The molecule has 2 N–H and O–H groups in total. The number of hydrogen-bond acceptors (Lipinski definition) is 4. The van der Waals surface area contributed by atoms with E-state index in [-0.39, 0.29) is 12.2 Å². The average molecular weight is 292 g/mol. The van der Waals surface area contributed by atoms with Crippen molar-refractivity contribution in [2.45, 2.75) is 13.5 Å². The first-order valence-corrected chi connectivity index (χ1v) is 6.38. The van der Waals surface area contributed by atoms with E-state index in [2.05, 4.69) is 20.6 Å². The Morgan fingerprint density at radius 2 is 2.00 bits per heavy atom. The van der Waals surface area contributed by atoms with Crippen LogP contribution in [0.1, 0.15) is 23.0 Å². The van der Waals surface area contributed by atoms with Crippen LogP contribution in [0.25, 0.3) is 0 Å². The summed E-state index contributed by atoms with van der Waals surface area (Å²) in [6, 6.07) is 3.45. The lowest BCUT2D eigenvalue weighted by Crippen LogP contribution is -2.24. The maximum atomic E-state index is 13.0. The number of amides is 1. The molecule has 0 aliphatic carbocycles. The number of nitrogens with one attached hydrogen (secondary N) is 2. The summed E-state index contributed by atoms with van der Waals surface area (Å²) in [5, 5.41) is 5.52. The molecule has 7 heteroatoms. The van der Waals surface area contributed by atoms with Crippen molar-refractivity contribution < 1.29 is 13.6 Å². The molecule has 1 heterocycles. The van der Waals surface area contributed by atoms with Crippen molar-refractivity contribution >= 4 is 11.7 Å². The van der Waals surface area contributed by atoms with Crippen LogP contribution < -0.4 is 10.6 Å². The second-order valence-electron chi connectivity index (χ2n) is 4.25. The highest BCUT2D eigenvalue weighted by Crippen LogP contribution is 2.08. The average Bonchev–Trinajstić information content (AvgIpc) is 2.49. The summed E-state index contributed by atoms with van der Waals surface area (Å²) >= 11 is 0. The summed E-state index contributed by atoms with van der Waals surface area (Å²) in [5.41, 5.74) is 0.610. The van der Waals surface area contributed by atoms with Gasteiger partial charge in [0.05, 0.1) is 12.4 Å². The van der Waals surface area contributed by atoms with Gasteiger partial charge in [0, 0.05) is 13.1 Å². The normalized spacial score (nSPS) is 10.2. The first kappa shape index (κ1) is 14.8. The van der Waals surface area contributed by atoms with Gasteiger partial charge in [-0.05, 0) is 24.6 Å². The van der Waals surface area contributed by atoms with E-state index in [0.29, 0.717) is 17.9 Å². The summed E-state index contributed by atoms with van der Waals surface area (Å²) in [7, 11) is 0. The molecule has 0 saturated heterocycles. The maximum absolute atomic E-state index is 13.0. The lowest BCUT2D eigenvalue weighted by Gasteiger charge is -2.06. The molecule has 1 aromatic heterocycles. The van der Waals surface area contributed by atoms with Crippen molar-refractivity contribution in [3.63, 3.8) is 0 Å². The van der Waals surface area contributed by atoms with Gasteiger partial charge in [0.1, 0.15) is 11.5 Å². The van der Waals surface area contributed by atoms with E-state index in [1.807, 2.05) is 6.92 Å². The Morgan fingerprint density at radius 3 is 2.62 bits per heavy atom. The molecule has 0 aliphatic rings. The minimum Gasteiger partial charge on any atom is -0.369 e. The number of carbonyl (C=O) groups excluding carboxylic acids is 1. The maximum Gasteiger partial charge on any atom is 0.271 e. The van der Waals surface area contributed by atoms with Gasteiger partial charge in [0.25, 0.3) is 5.91 Å². The summed E-state index contributed by atoms with van der Waals surface area (Å²) in [4.78, 5) is 19.8. The Morgan fingerprint density at radius 1 is 1.19 bits per heavy atom. The summed E-state index contributed by atoms with van der Waals surface area (Å²) in [6.07, 6.45) is 2.80. The fourth-order valence-corrected chi connectivity index (χ4v) is 1.64. The molecule has 0 spiro atoms. The zero-order chi connectivity index (χ0) is 15.2. The van der Waals surface area contributed by atoms with Gasteiger partial charge < -0.3 is 10.6 Å². The second-order valence-corrected chi connectivity index (χ2v) is 4.25. The van der Waals surface area contributed by atoms with Gasteiger partial charge in [0.15, 0.2) is 11.6 Å². The van der Waals surface area contributed by atoms with E-state index in [9.17, 15) is 13.6 Å². The van der Waals surface area contributed by atoms with Gasteiger partial charge in [0.2, 0.25) is 0 Å². The fourth-order valence-electron chi connectivity index (χ4n) is 1.64.